The molecule has 1 aromatic carbocycles. The van der Waals surface area contributed by atoms with Crippen LogP contribution in [-0.2, 0) is 7.05 Å². The van der Waals surface area contributed by atoms with Crippen molar-refractivity contribution in [1.29, 1.82) is 0 Å². The highest BCUT2D eigenvalue weighted by Crippen LogP contribution is 2.25. The Labute approximate surface area is 116 Å². The topological polar surface area (TPSA) is 29.9 Å². The van der Waals surface area contributed by atoms with E-state index in [1.54, 1.807) is 0 Å². The van der Waals surface area contributed by atoms with Crippen molar-refractivity contribution >= 4 is 15.9 Å². The molecule has 0 amide bonds. The van der Waals surface area contributed by atoms with E-state index in [-0.39, 0.29) is 12.1 Å². The molecular formula is C14H18BrN3. The Morgan fingerprint density at radius 3 is 2.56 bits per heavy atom. The predicted molar refractivity (Wildman–Crippen MR) is 77.3 cm³/mol. The van der Waals surface area contributed by atoms with Crippen LogP contribution < -0.4 is 5.32 Å². The fourth-order valence-electron chi connectivity index (χ4n) is 2.05. The van der Waals surface area contributed by atoms with Crippen molar-refractivity contribution in [2.24, 2.45) is 7.05 Å². The zero-order valence-electron chi connectivity index (χ0n) is 10.9. The van der Waals surface area contributed by atoms with E-state index in [9.17, 15) is 0 Å². The molecule has 2 unspecified atom stereocenters. The molecule has 0 spiro atoms. The van der Waals surface area contributed by atoms with Gasteiger partial charge in [-0.05, 0) is 25.5 Å². The van der Waals surface area contributed by atoms with Crippen LogP contribution in [0.25, 0.3) is 0 Å². The molecule has 0 aliphatic heterocycles. The molecule has 2 rings (SSSR count). The number of aromatic nitrogens is 2. The number of rotatable bonds is 4. The van der Waals surface area contributed by atoms with Crippen LogP contribution in [0.3, 0.4) is 0 Å². The second-order valence-electron chi connectivity index (χ2n) is 4.58. The lowest BCUT2D eigenvalue weighted by Gasteiger charge is -2.20. The maximum absolute atomic E-state index is 4.20. The van der Waals surface area contributed by atoms with Gasteiger partial charge in [0.2, 0.25) is 0 Å². The summed E-state index contributed by atoms with van der Waals surface area (Å²) >= 11 is 3.59. The fraction of sp³-hybridized carbons (Fsp3) is 0.357. The van der Waals surface area contributed by atoms with Gasteiger partial charge in [0.25, 0.3) is 0 Å². The lowest BCUT2D eigenvalue weighted by atomic mass is 10.1. The molecule has 0 bridgehead atoms. The minimum absolute atomic E-state index is 0.279. The SMILES string of the molecule is CC(NC(C)c1ccccc1Br)c1cnn(C)c1. The van der Waals surface area contributed by atoms with Gasteiger partial charge in [-0.2, -0.15) is 5.10 Å². The molecule has 0 radical (unpaired) electrons. The average Bonchev–Trinajstić information content (AvgIpc) is 2.76. The molecule has 2 aromatic rings. The van der Waals surface area contributed by atoms with E-state index >= 15 is 0 Å². The zero-order valence-corrected chi connectivity index (χ0v) is 12.5. The molecule has 1 heterocycles. The van der Waals surface area contributed by atoms with Gasteiger partial charge in [-0.1, -0.05) is 34.1 Å². The highest BCUT2D eigenvalue weighted by molar-refractivity contribution is 9.10. The Morgan fingerprint density at radius 2 is 1.94 bits per heavy atom. The standard InChI is InChI=1S/C14H18BrN3/c1-10(12-8-16-18(3)9-12)17-11(2)13-6-4-5-7-14(13)15/h4-11,17H,1-3H3. The van der Waals surface area contributed by atoms with Crippen LogP contribution in [0.5, 0.6) is 0 Å². The molecule has 3 nitrogen and oxygen atoms in total. The van der Waals surface area contributed by atoms with Crippen LogP contribution in [0.1, 0.15) is 37.1 Å². The summed E-state index contributed by atoms with van der Waals surface area (Å²) in [7, 11) is 1.94. The summed E-state index contributed by atoms with van der Waals surface area (Å²) in [4.78, 5) is 0. The monoisotopic (exact) mass is 307 g/mol. The molecule has 4 heteroatoms. The molecule has 0 fully saturated rings. The second kappa shape index (κ2) is 5.67. The largest absolute Gasteiger partial charge is 0.303 e. The van der Waals surface area contributed by atoms with Crippen molar-refractivity contribution in [3.63, 3.8) is 0 Å². The number of aryl methyl sites for hydroxylation is 1. The lowest BCUT2D eigenvalue weighted by molar-refractivity contribution is 0.493. The molecule has 1 aromatic heterocycles. The van der Waals surface area contributed by atoms with Gasteiger partial charge in [-0.25, -0.2) is 0 Å². The van der Waals surface area contributed by atoms with Crippen LogP contribution in [-0.4, -0.2) is 9.78 Å². The molecule has 0 saturated heterocycles. The molecule has 0 aliphatic rings. The minimum atomic E-state index is 0.279. The van der Waals surface area contributed by atoms with Gasteiger partial charge in [0.15, 0.2) is 0 Å². The first kappa shape index (κ1) is 13.3. The van der Waals surface area contributed by atoms with Crippen molar-refractivity contribution in [2.45, 2.75) is 25.9 Å². The van der Waals surface area contributed by atoms with Crippen LogP contribution in [0.4, 0.5) is 0 Å². The Morgan fingerprint density at radius 1 is 1.22 bits per heavy atom. The van der Waals surface area contributed by atoms with Crippen molar-refractivity contribution in [3.05, 3.63) is 52.3 Å². The Kier molecular flexibility index (Phi) is 4.19. The second-order valence-corrected chi connectivity index (χ2v) is 5.43. The van der Waals surface area contributed by atoms with E-state index in [1.165, 1.54) is 11.1 Å². The molecule has 96 valence electrons. The third-order valence-corrected chi connectivity index (χ3v) is 3.82. The number of benzene rings is 1. The fourth-order valence-corrected chi connectivity index (χ4v) is 2.68. The third kappa shape index (κ3) is 3.00. The smallest absolute Gasteiger partial charge is 0.0537 e. The number of nitrogens with zero attached hydrogens (tertiary/aromatic N) is 2. The van der Waals surface area contributed by atoms with E-state index in [1.807, 2.05) is 30.2 Å². The molecule has 0 saturated carbocycles. The van der Waals surface area contributed by atoms with E-state index in [4.69, 9.17) is 0 Å². The molecule has 0 aliphatic carbocycles. The van der Waals surface area contributed by atoms with Crippen molar-refractivity contribution < 1.29 is 0 Å². The summed E-state index contributed by atoms with van der Waals surface area (Å²) < 4.78 is 2.97. The molecule has 18 heavy (non-hydrogen) atoms. The van der Waals surface area contributed by atoms with Gasteiger partial charge in [0, 0.05) is 35.4 Å². The van der Waals surface area contributed by atoms with Gasteiger partial charge >= 0.3 is 0 Å². The highest BCUT2D eigenvalue weighted by Gasteiger charge is 2.13. The van der Waals surface area contributed by atoms with Gasteiger partial charge in [0.1, 0.15) is 0 Å². The van der Waals surface area contributed by atoms with Gasteiger partial charge < -0.3 is 5.32 Å². The first-order valence-corrected chi connectivity index (χ1v) is 6.86. The summed E-state index contributed by atoms with van der Waals surface area (Å²) in [6, 6.07) is 8.87. The first-order chi connectivity index (χ1) is 8.58. The van der Waals surface area contributed by atoms with Crippen LogP contribution in [0.2, 0.25) is 0 Å². The minimum Gasteiger partial charge on any atom is -0.303 e. The van der Waals surface area contributed by atoms with Crippen LogP contribution >= 0.6 is 15.9 Å². The van der Waals surface area contributed by atoms with E-state index in [2.05, 4.69) is 58.4 Å². The average molecular weight is 308 g/mol. The summed E-state index contributed by atoms with van der Waals surface area (Å²) in [6.07, 6.45) is 3.95. The van der Waals surface area contributed by atoms with Crippen LogP contribution in [0, 0.1) is 0 Å². The Bertz CT molecular complexity index is 521. The van der Waals surface area contributed by atoms with Crippen molar-refractivity contribution in [1.82, 2.24) is 15.1 Å². The van der Waals surface area contributed by atoms with Crippen molar-refractivity contribution in [2.75, 3.05) is 0 Å². The summed E-state index contributed by atoms with van der Waals surface area (Å²) in [5.41, 5.74) is 2.48. The number of hydrogen-bond acceptors (Lipinski definition) is 2. The summed E-state index contributed by atoms with van der Waals surface area (Å²) in [5, 5.41) is 7.79. The maximum atomic E-state index is 4.20. The first-order valence-electron chi connectivity index (χ1n) is 6.07. The van der Waals surface area contributed by atoms with Gasteiger partial charge in [-0.15, -0.1) is 0 Å². The molecule has 2 atom stereocenters. The molecular weight excluding hydrogens is 290 g/mol. The van der Waals surface area contributed by atoms with E-state index < -0.39 is 0 Å². The molecule has 1 N–H and O–H groups in total. The van der Waals surface area contributed by atoms with E-state index in [0.29, 0.717) is 0 Å². The number of hydrogen-bond donors (Lipinski definition) is 1. The third-order valence-electron chi connectivity index (χ3n) is 3.10. The van der Waals surface area contributed by atoms with Crippen molar-refractivity contribution in [3.8, 4) is 0 Å². The summed E-state index contributed by atoms with van der Waals surface area (Å²) in [6.45, 7) is 4.33. The highest BCUT2D eigenvalue weighted by atomic mass is 79.9. The Balaban J connectivity index is 2.08. The van der Waals surface area contributed by atoms with Gasteiger partial charge in [-0.3, -0.25) is 4.68 Å². The number of nitrogens with one attached hydrogen (secondary N) is 1. The van der Waals surface area contributed by atoms with E-state index in [0.717, 1.165) is 4.47 Å². The Hall–Kier alpha value is -1.13. The quantitative estimate of drug-likeness (QED) is 0.935. The van der Waals surface area contributed by atoms with Crippen LogP contribution in [0.15, 0.2) is 41.1 Å². The normalized spacial score (nSPS) is 14.4. The maximum Gasteiger partial charge on any atom is 0.0537 e. The van der Waals surface area contributed by atoms with Gasteiger partial charge in [0.05, 0.1) is 6.20 Å². The zero-order chi connectivity index (χ0) is 13.1. The predicted octanol–water partition coefficient (Wildman–Crippen LogP) is 3.59. The number of halogens is 1. The summed E-state index contributed by atoms with van der Waals surface area (Å²) in [5.74, 6) is 0. The lowest BCUT2D eigenvalue weighted by Crippen LogP contribution is -2.22.